The lowest BCUT2D eigenvalue weighted by atomic mass is 9.87. The fraction of sp³-hybridized carbons (Fsp3) is 0.500. The molecule has 0 atom stereocenters. The van der Waals surface area contributed by atoms with Crippen LogP contribution in [0.15, 0.2) is 116 Å². The molecule has 0 aliphatic heterocycles. The molecular formula is C58H79F6N3O7. The summed E-state index contributed by atoms with van der Waals surface area (Å²) >= 11 is 0. The minimum atomic E-state index is -4.23. The Morgan fingerprint density at radius 2 is 0.716 bits per heavy atom. The molecule has 0 saturated carbocycles. The first-order chi connectivity index (χ1) is 33.8. The average Bonchev–Trinajstić information content (AvgIpc) is 4.13. The van der Waals surface area contributed by atoms with E-state index in [1.54, 1.807) is 38.4 Å². The van der Waals surface area contributed by atoms with Crippen molar-refractivity contribution in [3.05, 3.63) is 161 Å². The predicted molar refractivity (Wildman–Crippen MR) is 278 cm³/mol. The van der Waals surface area contributed by atoms with Gasteiger partial charge in [0.2, 0.25) is 0 Å². The number of aromatic nitrogens is 3. The standard InChI is InChI=1S/C10H13F3O.C10H16O.C9H12F3NO.C9H15NO.C9H8O.C6H8O.C5H7NO/c1-7-4-5-8(14-7)6-9(2,3)10(11,12)13;1-8-5-6-9(11-8)7-10(2,3)4;1-6-13-5-7(14-6)4-8(2,3)9(10,11)12;1-7-10-6-8(11-7)5-9(2,3)4;1-7-6-8-4-2-3-5-9(8)10-7;1-5-3-4-6(2)7-5;1-4-3-6-5(2)7-4/h4-5H,6H2,1-3H3;5-6H,7H2,1-4H3;5H,4H2,1-3H3;6H,5H2,1-4H3;2-6H,1H3;3-4H,1-2H3;3H,1-2H3. The highest BCUT2D eigenvalue weighted by molar-refractivity contribution is 5.77. The van der Waals surface area contributed by atoms with E-state index in [2.05, 4.69) is 62.6 Å². The lowest BCUT2D eigenvalue weighted by Crippen LogP contribution is -2.33. The maximum atomic E-state index is 12.5. The van der Waals surface area contributed by atoms with Crippen molar-refractivity contribution < 1.29 is 57.3 Å². The largest absolute Gasteiger partial charge is 0.467 e. The normalized spacial score (nSPS) is 11.8. The lowest BCUT2D eigenvalue weighted by Gasteiger charge is -2.26. The summed E-state index contributed by atoms with van der Waals surface area (Å²) in [6.45, 7) is 34.5. The number of para-hydroxylation sites is 1. The zero-order valence-electron chi connectivity index (χ0n) is 46.9. The van der Waals surface area contributed by atoms with E-state index in [0.717, 1.165) is 84.4 Å². The van der Waals surface area contributed by atoms with Crippen molar-refractivity contribution in [3.8, 4) is 0 Å². The van der Waals surface area contributed by atoms with Crippen LogP contribution in [0.2, 0.25) is 0 Å². The van der Waals surface area contributed by atoms with Crippen molar-refractivity contribution in [2.24, 2.45) is 21.7 Å². The van der Waals surface area contributed by atoms with Crippen molar-refractivity contribution in [2.75, 3.05) is 0 Å². The van der Waals surface area contributed by atoms with E-state index < -0.39 is 23.2 Å². The first kappa shape index (κ1) is 63.9. The monoisotopic (exact) mass is 1040 g/mol. The highest BCUT2D eigenvalue weighted by Gasteiger charge is 2.48. The molecule has 8 aromatic rings. The Balaban J connectivity index is 0.000000299. The topological polar surface area (TPSA) is 131 Å². The van der Waals surface area contributed by atoms with E-state index >= 15 is 0 Å². The number of benzene rings is 1. The minimum Gasteiger partial charge on any atom is -0.467 e. The van der Waals surface area contributed by atoms with Crippen molar-refractivity contribution in [1.82, 2.24) is 15.0 Å². The molecule has 7 heterocycles. The SMILES string of the molecule is Cc1cc2ccccc2o1.Cc1ccc(C)o1.Cc1ccc(CC(C)(C)C(F)(F)F)o1.Cc1ccc(CC(C)(C)C)o1.Cc1cnc(C)o1.Cc1ncc(CC(C)(C)C(F)(F)F)o1.Cc1ncc(CC(C)(C)C)o1. The summed E-state index contributed by atoms with van der Waals surface area (Å²) in [6.07, 6.45) is -1.92. The van der Waals surface area contributed by atoms with Gasteiger partial charge in [0.1, 0.15) is 63.2 Å². The quantitative estimate of drug-likeness (QED) is 0.148. The second kappa shape index (κ2) is 27.4. The van der Waals surface area contributed by atoms with E-state index in [-0.39, 0.29) is 24.0 Å². The van der Waals surface area contributed by atoms with E-state index in [1.807, 2.05) is 97.0 Å². The van der Waals surface area contributed by atoms with Gasteiger partial charge in [-0.25, -0.2) is 15.0 Å². The third-order valence-electron chi connectivity index (χ3n) is 10.3. The number of oxazole rings is 3. The molecule has 1 aromatic carbocycles. The number of nitrogens with zero attached hydrogens (tertiary/aromatic N) is 3. The lowest BCUT2D eigenvalue weighted by molar-refractivity contribution is -0.212. The van der Waals surface area contributed by atoms with E-state index in [4.69, 9.17) is 30.9 Å². The molecule has 0 N–H and O–H groups in total. The molecular weight excluding hydrogens is 965 g/mol. The minimum absolute atomic E-state index is 0.121. The second-order valence-electron chi connectivity index (χ2n) is 21.8. The van der Waals surface area contributed by atoms with Gasteiger partial charge < -0.3 is 30.9 Å². The molecule has 74 heavy (non-hydrogen) atoms. The van der Waals surface area contributed by atoms with Gasteiger partial charge in [-0.15, -0.1) is 0 Å². The van der Waals surface area contributed by atoms with Crippen LogP contribution in [-0.4, -0.2) is 27.3 Å². The molecule has 0 aliphatic rings. The number of hydrogen-bond donors (Lipinski definition) is 0. The Kier molecular flexibility index (Phi) is 23.6. The van der Waals surface area contributed by atoms with Crippen LogP contribution in [0.3, 0.4) is 0 Å². The Bertz CT molecular complexity index is 2590. The van der Waals surface area contributed by atoms with Crippen LogP contribution in [0.25, 0.3) is 11.0 Å². The van der Waals surface area contributed by atoms with Crippen LogP contribution >= 0.6 is 0 Å². The highest BCUT2D eigenvalue weighted by atomic mass is 19.4. The summed E-state index contributed by atoms with van der Waals surface area (Å²) in [6, 6.07) is 21.3. The second-order valence-corrected chi connectivity index (χ2v) is 21.8. The van der Waals surface area contributed by atoms with Crippen LogP contribution in [0.1, 0.15) is 145 Å². The maximum absolute atomic E-state index is 12.5. The van der Waals surface area contributed by atoms with Gasteiger partial charge in [-0.1, -0.05) is 87.4 Å². The van der Waals surface area contributed by atoms with Crippen molar-refractivity contribution in [1.29, 1.82) is 0 Å². The number of fused-ring (bicyclic) bond motifs is 1. The fourth-order valence-corrected chi connectivity index (χ4v) is 6.39. The van der Waals surface area contributed by atoms with Gasteiger partial charge >= 0.3 is 12.4 Å². The number of hydrogen-bond acceptors (Lipinski definition) is 10. The average molecular weight is 1040 g/mol. The number of alkyl halides is 6. The Morgan fingerprint density at radius 3 is 1.03 bits per heavy atom. The molecule has 0 saturated heterocycles. The zero-order chi connectivity index (χ0) is 56.5. The van der Waals surface area contributed by atoms with Crippen LogP contribution < -0.4 is 0 Å². The molecule has 10 nitrogen and oxygen atoms in total. The smallest absolute Gasteiger partial charge is 0.394 e. The first-order valence-corrected chi connectivity index (χ1v) is 24.3. The van der Waals surface area contributed by atoms with E-state index in [0.29, 0.717) is 22.8 Å². The molecule has 8 rings (SSSR count). The molecule has 0 aliphatic carbocycles. The summed E-state index contributed by atoms with van der Waals surface area (Å²) in [5.41, 5.74) is -1.94. The van der Waals surface area contributed by atoms with Gasteiger partial charge in [-0.05, 0) is 101 Å². The Labute approximate surface area is 433 Å². The van der Waals surface area contributed by atoms with Gasteiger partial charge in [0.05, 0.1) is 29.4 Å². The van der Waals surface area contributed by atoms with Crippen molar-refractivity contribution >= 4 is 11.0 Å². The van der Waals surface area contributed by atoms with Gasteiger partial charge in [-0.2, -0.15) is 26.3 Å². The highest BCUT2D eigenvalue weighted by Crippen LogP contribution is 2.41. The van der Waals surface area contributed by atoms with E-state index in [9.17, 15) is 26.3 Å². The van der Waals surface area contributed by atoms with Gasteiger partial charge in [0.15, 0.2) is 17.7 Å². The van der Waals surface area contributed by atoms with Crippen molar-refractivity contribution in [3.63, 3.8) is 0 Å². The first-order valence-electron chi connectivity index (χ1n) is 24.3. The molecule has 0 amide bonds. The maximum Gasteiger partial charge on any atom is 0.394 e. The molecule has 0 unspecified atom stereocenters. The van der Waals surface area contributed by atoms with E-state index in [1.165, 1.54) is 25.4 Å². The Morgan fingerprint density at radius 1 is 0.351 bits per heavy atom. The molecule has 410 valence electrons. The summed E-state index contributed by atoms with van der Waals surface area (Å²) in [4.78, 5) is 11.6. The summed E-state index contributed by atoms with van der Waals surface area (Å²) in [5, 5.41) is 1.18. The van der Waals surface area contributed by atoms with Gasteiger partial charge in [0.25, 0.3) is 0 Å². The summed E-state index contributed by atoms with van der Waals surface area (Å²) < 4.78 is 111. The number of furan rings is 4. The summed E-state index contributed by atoms with van der Waals surface area (Å²) in [5.74, 6) is 10.1. The van der Waals surface area contributed by atoms with Crippen LogP contribution in [0, 0.1) is 84.0 Å². The Hall–Kier alpha value is -6.19. The van der Waals surface area contributed by atoms with Crippen molar-refractivity contribution in [2.45, 2.75) is 170 Å². The van der Waals surface area contributed by atoms with Crippen LogP contribution in [0.5, 0.6) is 0 Å². The number of halogens is 6. The fourth-order valence-electron chi connectivity index (χ4n) is 6.39. The number of rotatable bonds is 6. The van der Waals surface area contributed by atoms with Gasteiger partial charge in [0, 0.05) is 51.8 Å². The van der Waals surface area contributed by atoms with Crippen LogP contribution in [-0.2, 0) is 25.7 Å². The zero-order valence-corrected chi connectivity index (χ0v) is 46.9. The number of aryl methyl sites for hydroxylation is 9. The molecule has 0 fully saturated rings. The molecule has 0 spiro atoms. The molecule has 16 heteroatoms. The third kappa shape index (κ3) is 25.2. The van der Waals surface area contributed by atoms with Gasteiger partial charge in [-0.3, -0.25) is 0 Å². The predicted octanol–water partition coefficient (Wildman–Crippen LogP) is 18.5. The summed E-state index contributed by atoms with van der Waals surface area (Å²) in [7, 11) is 0. The van der Waals surface area contributed by atoms with Crippen LogP contribution in [0.4, 0.5) is 26.3 Å². The third-order valence-corrected chi connectivity index (χ3v) is 10.3. The molecule has 0 bridgehead atoms. The molecule has 7 aromatic heterocycles. The molecule has 0 radical (unpaired) electrons.